The van der Waals surface area contributed by atoms with Crippen LogP contribution in [0.3, 0.4) is 0 Å². The van der Waals surface area contributed by atoms with Crippen LogP contribution >= 0.6 is 0 Å². The van der Waals surface area contributed by atoms with E-state index in [4.69, 9.17) is 0 Å². The minimum absolute atomic E-state index is 0.999. The van der Waals surface area contributed by atoms with Gasteiger partial charge in [0, 0.05) is 54.6 Å². The number of aryl methyl sites for hydroxylation is 1. The first-order valence-corrected chi connectivity index (χ1v) is 8.52. The van der Waals surface area contributed by atoms with Crippen molar-refractivity contribution in [2.75, 3.05) is 13.6 Å². The Bertz CT molecular complexity index is 942. The van der Waals surface area contributed by atoms with Gasteiger partial charge in [0.25, 0.3) is 0 Å². The van der Waals surface area contributed by atoms with Crippen LogP contribution in [-0.2, 0) is 19.4 Å². The molecule has 1 aliphatic heterocycles. The summed E-state index contributed by atoms with van der Waals surface area (Å²) in [6.45, 7) is 4.30. The van der Waals surface area contributed by atoms with Crippen LogP contribution in [0.1, 0.15) is 29.3 Å². The van der Waals surface area contributed by atoms with Crippen LogP contribution in [0, 0.1) is 12.0 Å². The number of nitrogens with zero attached hydrogens (tertiary/aromatic N) is 3. The number of hydrogen-bond acceptors (Lipinski definition) is 2. The smallest absolute Gasteiger partial charge is 0.0618 e. The zero-order chi connectivity index (χ0) is 16.5. The molecule has 0 saturated carbocycles. The van der Waals surface area contributed by atoms with E-state index in [1.54, 1.807) is 12.4 Å². The second-order valence-corrected chi connectivity index (χ2v) is 6.43. The minimum atomic E-state index is 0.999. The molecule has 0 aliphatic carbocycles. The molecular weight excluding hydrogens is 294 g/mol. The molecule has 0 fully saturated rings. The molecule has 120 valence electrons. The van der Waals surface area contributed by atoms with E-state index in [1.807, 2.05) is 12.1 Å². The highest BCUT2D eigenvalue weighted by Gasteiger charge is 2.21. The van der Waals surface area contributed by atoms with Crippen LogP contribution in [0.25, 0.3) is 10.9 Å². The lowest BCUT2D eigenvalue weighted by atomic mass is 10.0. The Morgan fingerprint density at radius 2 is 2.00 bits per heavy atom. The van der Waals surface area contributed by atoms with Gasteiger partial charge < -0.3 is 4.90 Å². The van der Waals surface area contributed by atoms with Crippen LogP contribution in [-0.4, -0.2) is 28.0 Å². The largest absolute Gasteiger partial charge is 0.302 e. The van der Waals surface area contributed by atoms with Gasteiger partial charge in [-0.15, -0.1) is 0 Å². The van der Waals surface area contributed by atoms with Crippen molar-refractivity contribution in [3.63, 3.8) is 0 Å². The van der Waals surface area contributed by atoms with Crippen molar-refractivity contribution >= 4 is 10.9 Å². The molecule has 1 aromatic carbocycles. The van der Waals surface area contributed by atoms with E-state index in [0.717, 1.165) is 31.5 Å². The van der Waals surface area contributed by atoms with E-state index in [0.29, 0.717) is 0 Å². The highest BCUT2D eigenvalue weighted by atomic mass is 15.1. The van der Waals surface area contributed by atoms with Gasteiger partial charge in [-0.3, -0.25) is 9.55 Å². The van der Waals surface area contributed by atoms with Crippen LogP contribution in [0.4, 0.5) is 0 Å². The monoisotopic (exact) mass is 315 g/mol. The highest BCUT2D eigenvalue weighted by molar-refractivity contribution is 5.87. The Morgan fingerprint density at radius 1 is 1.17 bits per heavy atom. The Kier molecular flexibility index (Phi) is 3.84. The van der Waals surface area contributed by atoms with Gasteiger partial charge in [-0.05, 0) is 54.8 Å². The topological polar surface area (TPSA) is 21.1 Å². The van der Waals surface area contributed by atoms with Crippen molar-refractivity contribution in [1.29, 1.82) is 0 Å². The molecule has 0 saturated heterocycles. The number of likely N-dealkylation sites (N-methyl/N-ethyl adjacent to an activating group) is 1. The fourth-order valence-electron chi connectivity index (χ4n) is 3.44. The maximum Gasteiger partial charge on any atom is 0.0618 e. The normalized spacial score (nSPS) is 14.2. The zero-order valence-electron chi connectivity index (χ0n) is 14.2. The predicted octanol–water partition coefficient (Wildman–Crippen LogP) is 3.44. The maximum atomic E-state index is 4.06. The molecule has 0 N–H and O–H groups in total. The van der Waals surface area contributed by atoms with Crippen molar-refractivity contribution in [2.45, 2.75) is 26.3 Å². The van der Waals surface area contributed by atoms with Gasteiger partial charge >= 0.3 is 0 Å². The zero-order valence-corrected chi connectivity index (χ0v) is 14.2. The number of aromatic nitrogens is 2. The van der Waals surface area contributed by atoms with Gasteiger partial charge in [-0.2, -0.15) is 0 Å². The summed E-state index contributed by atoms with van der Waals surface area (Å²) in [6, 6.07) is 14.1. The van der Waals surface area contributed by atoms with Gasteiger partial charge in [0.05, 0.1) is 5.52 Å². The standard InChI is InChI=1S/C21H21N3/c1-3-16-4-5-20-18(14-16)19-15-23(2)12-9-21(19)24(20)13-8-17-6-10-22-11-7-17/h4-7,10-11,14H,3,9,12,15H2,1-2H3. The Balaban J connectivity index is 1.90. The van der Waals surface area contributed by atoms with Crippen LogP contribution < -0.4 is 0 Å². The fourth-order valence-corrected chi connectivity index (χ4v) is 3.44. The molecular formula is C21H21N3. The fraction of sp³-hybridized carbons (Fsp3) is 0.286. The molecule has 3 heteroatoms. The van der Waals surface area contributed by atoms with Crippen molar-refractivity contribution in [3.8, 4) is 12.0 Å². The van der Waals surface area contributed by atoms with Gasteiger partial charge in [-0.25, -0.2) is 0 Å². The van der Waals surface area contributed by atoms with E-state index in [1.165, 1.54) is 27.7 Å². The third-order valence-electron chi connectivity index (χ3n) is 4.80. The lowest BCUT2D eigenvalue weighted by Crippen LogP contribution is -2.27. The molecule has 4 rings (SSSR count). The molecule has 0 atom stereocenters. The highest BCUT2D eigenvalue weighted by Crippen LogP contribution is 2.31. The summed E-state index contributed by atoms with van der Waals surface area (Å²) in [4.78, 5) is 6.45. The minimum Gasteiger partial charge on any atom is -0.302 e. The Morgan fingerprint density at radius 3 is 2.79 bits per heavy atom. The summed E-state index contributed by atoms with van der Waals surface area (Å²) in [6.07, 6.45) is 5.69. The second-order valence-electron chi connectivity index (χ2n) is 6.43. The summed E-state index contributed by atoms with van der Waals surface area (Å²) in [5, 5.41) is 1.36. The molecule has 3 aromatic rings. The second kappa shape index (κ2) is 6.14. The summed E-state index contributed by atoms with van der Waals surface area (Å²) < 4.78 is 2.21. The molecule has 2 aromatic heterocycles. The van der Waals surface area contributed by atoms with Gasteiger partial charge in [-0.1, -0.05) is 13.0 Å². The molecule has 1 aliphatic rings. The van der Waals surface area contributed by atoms with E-state index in [2.05, 4.69) is 58.6 Å². The third kappa shape index (κ3) is 2.60. The molecule has 0 amide bonds. The lowest BCUT2D eigenvalue weighted by Gasteiger charge is -2.23. The predicted molar refractivity (Wildman–Crippen MR) is 97.9 cm³/mol. The molecule has 0 bridgehead atoms. The third-order valence-corrected chi connectivity index (χ3v) is 4.80. The van der Waals surface area contributed by atoms with Crippen molar-refractivity contribution in [2.24, 2.45) is 0 Å². The van der Waals surface area contributed by atoms with Gasteiger partial charge in [0.1, 0.15) is 0 Å². The molecule has 0 spiro atoms. The number of hydrogen-bond donors (Lipinski definition) is 0. The van der Waals surface area contributed by atoms with Crippen LogP contribution in [0.15, 0.2) is 42.7 Å². The van der Waals surface area contributed by atoms with Crippen molar-refractivity contribution < 1.29 is 0 Å². The average molecular weight is 315 g/mol. The summed E-state index contributed by atoms with van der Waals surface area (Å²) in [5.74, 6) is 3.29. The number of rotatable bonds is 1. The molecule has 3 nitrogen and oxygen atoms in total. The van der Waals surface area contributed by atoms with E-state index < -0.39 is 0 Å². The Hall–Kier alpha value is -2.57. The molecule has 0 unspecified atom stereocenters. The van der Waals surface area contributed by atoms with Crippen molar-refractivity contribution in [3.05, 3.63) is 65.1 Å². The first kappa shape index (κ1) is 15.0. The summed E-state index contributed by atoms with van der Waals surface area (Å²) in [7, 11) is 2.19. The number of pyridine rings is 1. The summed E-state index contributed by atoms with van der Waals surface area (Å²) >= 11 is 0. The first-order chi connectivity index (χ1) is 11.8. The van der Waals surface area contributed by atoms with E-state index in [9.17, 15) is 0 Å². The quantitative estimate of drug-likeness (QED) is 0.641. The van der Waals surface area contributed by atoms with Crippen molar-refractivity contribution in [1.82, 2.24) is 14.5 Å². The van der Waals surface area contributed by atoms with Crippen LogP contribution in [0.5, 0.6) is 0 Å². The lowest BCUT2D eigenvalue weighted by molar-refractivity contribution is 0.311. The van der Waals surface area contributed by atoms with E-state index >= 15 is 0 Å². The van der Waals surface area contributed by atoms with Gasteiger partial charge in [0.15, 0.2) is 0 Å². The average Bonchev–Trinajstić information content (AvgIpc) is 2.93. The maximum absolute atomic E-state index is 4.06. The SMILES string of the molecule is CCc1ccc2c(c1)c1c(n2C#Cc2ccncc2)CCN(C)C1. The molecule has 3 heterocycles. The van der Waals surface area contributed by atoms with Gasteiger partial charge in [0.2, 0.25) is 0 Å². The number of benzene rings is 1. The van der Waals surface area contributed by atoms with E-state index in [-0.39, 0.29) is 0 Å². The number of fused-ring (bicyclic) bond motifs is 3. The Labute approximate surface area is 142 Å². The summed E-state index contributed by atoms with van der Waals surface area (Å²) in [5.41, 5.74) is 6.43. The first-order valence-electron chi connectivity index (χ1n) is 8.52. The van der Waals surface area contributed by atoms with Crippen LogP contribution in [0.2, 0.25) is 0 Å². The molecule has 24 heavy (non-hydrogen) atoms. The molecule has 0 radical (unpaired) electrons.